The van der Waals surface area contributed by atoms with Crippen molar-refractivity contribution >= 4 is 5.82 Å². The molecule has 0 spiro atoms. The largest absolute Gasteiger partial charge is 0.371 e. The number of hydrogen-bond donors (Lipinski definition) is 2. The van der Waals surface area contributed by atoms with Crippen molar-refractivity contribution < 1.29 is 0 Å². The number of aromatic nitrogens is 2. The molecule has 0 saturated heterocycles. The lowest BCUT2D eigenvalue weighted by atomic mass is 10.2. The average molecular weight is 195 g/mol. The minimum atomic E-state index is -0.335. The van der Waals surface area contributed by atoms with E-state index in [0.717, 1.165) is 6.54 Å². The van der Waals surface area contributed by atoms with Gasteiger partial charge in [-0.3, -0.25) is 14.3 Å². The van der Waals surface area contributed by atoms with Crippen LogP contribution in [0.1, 0.15) is 25.5 Å². The van der Waals surface area contributed by atoms with Crippen LogP contribution >= 0.6 is 0 Å². The molecule has 0 unspecified atom stereocenters. The molecule has 5 heteroatoms. The van der Waals surface area contributed by atoms with Crippen LogP contribution in [-0.2, 0) is 6.42 Å². The van der Waals surface area contributed by atoms with Crippen molar-refractivity contribution in [3.8, 4) is 0 Å². The summed E-state index contributed by atoms with van der Waals surface area (Å²) in [4.78, 5) is 26.0. The van der Waals surface area contributed by atoms with E-state index in [1.54, 1.807) is 0 Å². The highest BCUT2D eigenvalue weighted by Gasteiger charge is 2.18. The summed E-state index contributed by atoms with van der Waals surface area (Å²) in [5.74, 6) is 0.594. The van der Waals surface area contributed by atoms with Crippen molar-refractivity contribution in [3.63, 3.8) is 0 Å². The molecule has 1 aliphatic rings. The molecule has 0 atom stereocenters. The van der Waals surface area contributed by atoms with Gasteiger partial charge in [-0.2, -0.15) is 0 Å². The van der Waals surface area contributed by atoms with Crippen molar-refractivity contribution in [2.75, 3.05) is 11.9 Å². The lowest BCUT2D eigenvalue weighted by molar-refractivity contribution is 0.543. The van der Waals surface area contributed by atoms with E-state index in [0.29, 0.717) is 17.8 Å². The molecule has 0 aliphatic carbocycles. The Morgan fingerprint density at radius 2 is 2.07 bits per heavy atom. The second kappa shape index (κ2) is 3.01. The highest BCUT2D eigenvalue weighted by atomic mass is 16.2. The van der Waals surface area contributed by atoms with Crippen LogP contribution < -0.4 is 16.6 Å². The summed E-state index contributed by atoms with van der Waals surface area (Å²) < 4.78 is 1.26. The van der Waals surface area contributed by atoms with Crippen LogP contribution in [0.5, 0.6) is 0 Å². The van der Waals surface area contributed by atoms with Gasteiger partial charge in [-0.25, -0.2) is 4.79 Å². The van der Waals surface area contributed by atoms with E-state index in [4.69, 9.17) is 0 Å². The first-order valence-electron chi connectivity index (χ1n) is 4.73. The molecule has 0 fully saturated rings. The first-order valence-corrected chi connectivity index (χ1v) is 4.73. The molecule has 1 aromatic rings. The monoisotopic (exact) mass is 195 g/mol. The minimum absolute atomic E-state index is 0.0999. The summed E-state index contributed by atoms with van der Waals surface area (Å²) in [6, 6.07) is -0.0999. The van der Waals surface area contributed by atoms with Gasteiger partial charge in [0, 0.05) is 12.6 Å². The molecule has 14 heavy (non-hydrogen) atoms. The van der Waals surface area contributed by atoms with Crippen LogP contribution in [-0.4, -0.2) is 16.1 Å². The van der Waals surface area contributed by atoms with E-state index >= 15 is 0 Å². The van der Waals surface area contributed by atoms with Gasteiger partial charge in [0.1, 0.15) is 5.82 Å². The summed E-state index contributed by atoms with van der Waals surface area (Å²) in [5.41, 5.74) is 0.195. The average Bonchev–Trinajstić information content (AvgIpc) is 2.50. The fourth-order valence-corrected chi connectivity index (χ4v) is 1.75. The third-order valence-corrected chi connectivity index (χ3v) is 2.42. The van der Waals surface area contributed by atoms with Crippen molar-refractivity contribution in [3.05, 3.63) is 26.4 Å². The molecule has 0 aromatic carbocycles. The van der Waals surface area contributed by atoms with Gasteiger partial charge in [0.15, 0.2) is 0 Å². The van der Waals surface area contributed by atoms with Gasteiger partial charge >= 0.3 is 5.69 Å². The van der Waals surface area contributed by atoms with Crippen molar-refractivity contribution in [2.24, 2.45) is 0 Å². The maximum Gasteiger partial charge on any atom is 0.330 e. The second-order valence-electron chi connectivity index (χ2n) is 3.73. The lowest BCUT2D eigenvalue weighted by Gasteiger charge is -2.09. The first kappa shape index (κ1) is 9.05. The standard InChI is InChI=1S/C9H13N3O2/c1-5(2)12-8(13)6-3-4-10-7(6)11-9(12)14/h5,10H,3-4H2,1-2H3,(H,11,14). The SMILES string of the molecule is CC(C)n1c(=O)[nH]c2c(c1=O)CCN2. The summed E-state index contributed by atoms with van der Waals surface area (Å²) in [6.07, 6.45) is 0.692. The van der Waals surface area contributed by atoms with Crippen molar-refractivity contribution in [2.45, 2.75) is 26.3 Å². The zero-order valence-electron chi connectivity index (χ0n) is 8.26. The number of fused-ring (bicyclic) bond motifs is 1. The Kier molecular flexibility index (Phi) is 1.94. The van der Waals surface area contributed by atoms with E-state index in [1.165, 1.54) is 4.57 Å². The highest BCUT2D eigenvalue weighted by molar-refractivity contribution is 5.47. The molecular weight excluding hydrogens is 182 g/mol. The number of hydrogen-bond acceptors (Lipinski definition) is 3. The van der Waals surface area contributed by atoms with E-state index in [9.17, 15) is 9.59 Å². The van der Waals surface area contributed by atoms with Gasteiger partial charge in [-0.15, -0.1) is 0 Å². The summed E-state index contributed by atoms with van der Waals surface area (Å²) >= 11 is 0. The van der Waals surface area contributed by atoms with Gasteiger partial charge in [0.05, 0.1) is 5.56 Å². The normalized spacial score (nSPS) is 14.2. The first-order chi connectivity index (χ1) is 6.61. The molecule has 76 valence electrons. The van der Waals surface area contributed by atoms with E-state index in [-0.39, 0.29) is 17.3 Å². The molecule has 0 radical (unpaired) electrons. The van der Waals surface area contributed by atoms with Gasteiger partial charge in [0.25, 0.3) is 5.56 Å². The van der Waals surface area contributed by atoms with Crippen LogP contribution in [0.4, 0.5) is 5.82 Å². The molecule has 2 N–H and O–H groups in total. The van der Waals surface area contributed by atoms with Crippen LogP contribution in [0.2, 0.25) is 0 Å². The summed E-state index contributed by atoms with van der Waals surface area (Å²) in [7, 11) is 0. The van der Waals surface area contributed by atoms with Gasteiger partial charge in [0.2, 0.25) is 0 Å². The summed E-state index contributed by atoms with van der Waals surface area (Å²) in [6.45, 7) is 4.37. The van der Waals surface area contributed by atoms with Crippen LogP contribution in [0.15, 0.2) is 9.59 Å². The summed E-state index contributed by atoms with van der Waals surface area (Å²) in [5, 5.41) is 2.98. The number of nitrogens with one attached hydrogen (secondary N) is 2. The Morgan fingerprint density at radius 3 is 2.71 bits per heavy atom. The molecule has 2 heterocycles. The zero-order chi connectivity index (χ0) is 10.3. The Morgan fingerprint density at radius 1 is 1.36 bits per heavy atom. The van der Waals surface area contributed by atoms with Crippen molar-refractivity contribution in [1.82, 2.24) is 9.55 Å². The number of rotatable bonds is 1. The number of anilines is 1. The maximum atomic E-state index is 11.8. The fourth-order valence-electron chi connectivity index (χ4n) is 1.75. The molecule has 1 aromatic heterocycles. The molecule has 0 amide bonds. The Labute approximate surface area is 80.8 Å². The Hall–Kier alpha value is -1.52. The van der Waals surface area contributed by atoms with Gasteiger partial charge < -0.3 is 5.32 Å². The van der Waals surface area contributed by atoms with Crippen LogP contribution in [0, 0.1) is 0 Å². The Balaban J connectivity index is 2.76. The molecule has 1 aliphatic heterocycles. The highest BCUT2D eigenvalue weighted by Crippen LogP contribution is 2.13. The predicted molar refractivity (Wildman–Crippen MR) is 53.9 cm³/mol. The molecule has 0 saturated carbocycles. The third kappa shape index (κ3) is 1.16. The number of nitrogens with zero attached hydrogens (tertiary/aromatic N) is 1. The van der Waals surface area contributed by atoms with Gasteiger partial charge in [-0.1, -0.05) is 0 Å². The topological polar surface area (TPSA) is 66.9 Å². The quantitative estimate of drug-likeness (QED) is 0.667. The van der Waals surface area contributed by atoms with Gasteiger partial charge in [-0.05, 0) is 20.3 Å². The van der Waals surface area contributed by atoms with Crippen LogP contribution in [0.3, 0.4) is 0 Å². The number of aromatic amines is 1. The zero-order valence-corrected chi connectivity index (χ0v) is 8.26. The molecule has 5 nitrogen and oxygen atoms in total. The Bertz CT molecular complexity index is 470. The van der Waals surface area contributed by atoms with E-state index in [1.807, 2.05) is 13.8 Å². The maximum absolute atomic E-state index is 11.8. The fraction of sp³-hybridized carbons (Fsp3) is 0.556. The number of H-pyrrole nitrogens is 1. The van der Waals surface area contributed by atoms with E-state index in [2.05, 4.69) is 10.3 Å². The third-order valence-electron chi connectivity index (χ3n) is 2.42. The molecular formula is C9H13N3O2. The predicted octanol–water partition coefficient (Wildman–Crippen LogP) is 0.0855. The second-order valence-corrected chi connectivity index (χ2v) is 3.73. The lowest BCUT2D eigenvalue weighted by Crippen LogP contribution is -2.37. The molecule has 2 rings (SSSR count). The smallest absolute Gasteiger partial charge is 0.330 e. The minimum Gasteiger partial charge on any atom is -0.371 e. The van der Waals surface area contributed by atoms with E-state index < -0.39 is 0 Å². The van der Waals surface area contributed by atoms with Crippen LogP contribution in [0.25, 0.3) is 0 Å². The van der Waals surface area contributed by atoms with Crippen molar-refractivity contribution in [1.29, 1.82) is 0 Å². The molecule has 0 bridgehead atoms.